The van der Waals surface area contributed by atoms with Crippen molar-refractivity contribution in [2.24, 2.45) is 0 Å². The summed E-state index contributed by atoms with van der Waals surface area (Å²) in [6.45, 7) is 0. The van der Waals surface area contributed by atoms with E-state index in [0.717, 1.165) is 0 Å². The van der Waals surface area contributed by atoms with E-state index in [-0.39, 0.29) is 0 Å². The Hall–Kier alpha value is -1.98. The van der Waals surface area contributed by atoms with Gasteiger partial charge in [-0.15, -0.1) is 0 Å². The molecule has 0 unspecified atom stereocenters. The molecule has 3 N–H and O–H groups in total. The van der Waals surface area contributed by atoms with Crippen molar-refractivity contribution >= 4 is 40.1 Å². The van der Waals surface area contributed by atoms with Crippen LogP contribution in [-0.4, -0.2) is 57.3 Å². The van der Waals surface area contributed by atoms with Gasteiger partial charge in [-0.3, -0.25) is 4.84 Å². The van der Waals surface area contributed by atoms with Crippen LogP contribution in [0.5, 0.6) is 0 Å². The van der Waals surface area contributed by atoms with Crippen LogP contribution in [-0.2, 0) is 14.3 Å². The Morgan fingerprint density at radius 2 is 1.93 bits per heavy atom. The molecule has 1 saturated heterocycles. The second-order valence-corrected chi connectivity index (χ2v) is 7.61. The van der Waals surface area contributed by atoms with Gasteiger partial charge >= 0.3 is 0 Å². The van der Waals surface area contributed by atoms with Crippen molar-refractivity contribution in [3.8, 4) is 0 Å². The Balaban J connectivity index is 1.67. The number of hydrogen-bond acceptors (Lipinski definition) is 8. The Bertz CT molecular complexity index is 1050. The van der Waals surface area contributed by atoms with Crippen molar-refractivity contribution in [3.63, 3.8) is 0 Å². The van der Waals surface area contributed by atoms with Crippen LogP contribution in [0.3, 0.4) is 0 Å². The number of hydrogen-bond donors (Lipinski definition) is 3. The highest BCUT2D eigenvalue weighted by atomic mass is 35.5. The molecule has 30 heavy (non-hydrogen) atoms. The van der Waals surface area contributed by atoms with E-state index >= 15 is 0 Å². The van der Waals surface area contributed by atoms with Gasteiger partial charge in [0.1, 0.15) is 36.4 Å². The minimum absolute atomic E-state index is 0.354. The Morgan fingerprint density at radius 1 is 1.13 bits per heavy atom. The maximum atomic E-state index is 10.7. The summed E-state index contributed by atoms with van der Waals surface area (Å²) in [7, 11) is 2.97. The maximum Gasteiger partial charge on any atom is 0.164 e. The molecule has 3 heterocycles. The molecule has 0 spiro atoms. The van der Waals surface area contributed by atoms with Crippen molar-refractivity contribution < 1.29 is 24.5 Å². The fourth-order valence-corrected chi connectivity index (χ4v) is 3.98. The van der Waals surface area contributed by atoms with Crippen molar-refractivity contribution in [1.82, 2.24) is 14.5 Å². The molecule has 11 heteroatoms. The highest BCUT2D eigenvalue weighted by Gasteiger charge is 2.48. The molecule has 3 aromatic rings. The molecule has 160 valence electrons. The number of aromatic nitrogens is 3. The number of anilines is 1. The third-order valence-electron chi connectivity index (χ3n) is 5.08. The number of aliphatic hydroxyl groups excluding tert-OH is 2. The van der Waals surface area contributed by atoms with Gasteiger partial charge in [-0.1, -0.05) is 29.3 Å². The summed E-state index contributed by atoms with van der Waals surface area (Å²) >= 11 is 12.1. The molecule has 4 rings (SSSR count). The first kappa shape index (κ1) is 21.3. The quantitative estimate of drug-likeness (QED) is 0.487. The molecule has 0 saturated carbocycles. The van der Waals surface area contributed by atoms with Crippen LogP contribution >= 0.6 is 23.2 Å². The lowest BCUT2D eigenvalue weighted by molar-refractivity contribution is -0.0974. The molecule has 0 radical (unpaired) electrons. The van der Waals surface area contributed by atoms with Gasteiger partial charge < -0.3 is 24.3 Å². The van der Waals surface area contributed by atoms with Gasteiger partial charge in [0.25, 0.3) is 0 Å². The molecular formula is C19H20Cl2N4O5. The topological polar surface area (TPSA) is 111 Å². The molecule has 1 fully saturated rings. The van der Waals surface area contributed by atoms with E-state index in [4.69, 9.17) is 37.5 Å². The summed E-state index contributed by atoms with van der Waals surface area (Å²) in [6.07, 6.45) is -1.81. The van der Waals surface area contributed by atoms with Gasteiger partial charge in [-0.05, 0) is 23.8 Å². The summed E-state index contributed by atoms with van der Waals surface area (Å²) in [5, 5.41) is 22.9. The van der Waals surface area contributed by atoms with E-state index in [1.54, 1.807) is 35.0 Å². The number of methoxy groups -OCH3 is 1. The number of fused-ring (bicyclic) bond motifs is 1. The number of nitrogens with zero attached hydrogens (tertiary/aromatic N) is 3. The van der Waals surface area contributed by atoms with Crippen LogP contribution in [0.1, 0.15) is 17.9 Å². The number of rotatable bonds is 6. The van der Waals surface area contributed by atoms with Gasteiger partial charge in [0.05, 0.1) is 22.5 Å². The van der Waals surface area contributed by atoms with E-state index in [1.165, 1.54) is 20.5 Å². The van der Waals surface area contributed by atoms with Gasteiger partial charge in [0.15, 0.2) is 12.0 Å². The predicted molar refractivity (Wildman–Crippen MR) is 110 cm³/mol. The molecule has 1 aliphatic heterocycles. The van der Waals surface area contributed by atoms with Gasteiger partial charge in [0.2, 0.25) is 0 Å². The molecule has 1 aromatic carbocycles. The first-order chi connectivity index (χ1) is 14.5. The molecule has 0 amide bonds. The molecule has 2 aromatic heterocycles. The van der Waals surface area contributed by atoms with Crippen LogP contribution in [0.15, 0.2) is 36.8 Å². The van der Waals surface area contributed by atoms with E-state index < -0.39 is 30.6 Å². The van der Waals surface area contributed by atoms with Gasteiger partial charge in [0, 0.05) is 13.3 Å². The van der Waals surface area contributed by atoms with E-state index in [9.17, 15) is 10.2 Å². The lowest BCUT2D eigenvalue weighted by Gasteiger charge is -2.25. The first-order valence-corrected chi connectivity index (χ1v) is 9.81. The first-order valence-electron chi connectivity index (χ1n) is 9.06. The predicted octanol–water partition coefficient (Wildman–Crippen LogP) is 2.72. The Kier molecular flexibility index (Phi) is 6.12. The summed E-state index contributed by atoms with van der Waals surface area (Å²) in [4.78, 5) is 13.3. The molecule has 5 atom stereocenters. The zero-order chi connectivity index (χ0) is 21.4. The standard InChI is InChI=1S/C19H20Cl2N4O5/c1-28-15(9-3-4-11(20)12(21)7-9)16-13(26)14(27)19(30-16)25-6-5-10-17(24-29-2)22-8-23-18(10)25/h3-8,13-16,19,26-27H,1-2H3,(H,22,23,24)/t13-,14+,15+,16-,19+/m0/s1. The second-order valence-electron chi connectivity index (χ2n) is 6.79. The van der Waals surface area contributed by atoms with E-state index in [2.05, 4.69) is 15.4 Å². The number of ether oxygens (including phenoxy) is 2. The highest BCUT2D eigenvalue weighted by Crippen LogP contribution is 2.40. The summed E-state index contributed by atoms with van der Waals surface area (Å²) in [5.74, 6) is 0.469. The lowest BCUT2D eigenvalue weighted by Crippen LogP contribution is -2.35. The normalized spacial score (nSPS) is 25.0. The fraction of sp³-hybridized carbons (Fsp3) is 0.368. The number of nitrogens with one attached hydrogen (secondary N) is 1. The van der Waals surface area contributed by atoms with Crippen molar-refractivity contribution in [3.05, 3.63) is 52.4 Å². The minimum Gasteiger partial charge on any atom is -0.387 e. The van der Waals surface area contributed by atoms with Crippen LogP contribution < -0.4 is 5.48 Å². The Morgan fingerprint density at radius 3 is 2.63 bits per heavy atom. The summed E-state index contributed by atoms with van der Waals surface area (Å²) in [5.41, 5.74) is 3.85. The van der Waals surface area contributed by atoms with Crippen molar-refractivity contribution in [1.29, 1.82) is 0 Å². The van der Waals surface area contributed by atoms with Gasteiger partial charge in [-0.2, -0.15) is 0 Å². The monoisotopic (exact) mass is 454 g/mol. The number of aliphatic hydroxyl groups is 2. The lowest BCUT2D eigenvalue weighted by atomic mass is 9.99. The van der Waals surface area contributed by atoms with Crippen LogP contribution in [0.2, 0.25) is 10.0 Å². The van der Waals surface area contributed by atoms with Crippen molar-refractivity contribution in [2.75, 3.05) is 19.7 Å². The molecule has 0 bridgehead atoms. The van der Waals surface area contributed by atoms with E-state index in [0.29, 0.717) is 32.5 Å². The highest BCUT2D eigenvalue weighted by molar-refractivity contribution is 6.42. The van der Waals surface area contributed by atoms with Crippen molar-refractivity contribution in [2.45, 2.75) is 30.6 Å². The van der Waals surface area contributed by atoms with Crippen LogP contribution in [0, 0.1) is 0 Å². The smallest absolute Gasteiger partial charge is 0.164 e. The second kappa shape index (κ2) is 8.64. The third-order valence-corrected chi connectivity index (χ3v) is 5.82. The average Bonchev–Trinajstić information content (AvgIpc) is 3.28. The number of benzene rings is 1. The zero-order valence-corrected chi connectivity index (χ0v) is 17.6. The SMILES string of the molecule is CONc1ncnc2c1ccn2[C@@H]1O[C@H]([C@H](OC)c2ccc(Cl)c(Cl)c2)[C@@H](O)[C@H]1O. The Labute approximate surface area is 182 Å². The van der Waals surface area contributed by atoms with E-state index in [1.807, 2.05) is 0 Å². The number of halogens is 2. The summed E-state index contributed by atoms with van der Waals surface area (Å²) in [6, 6.07) is 6.79. The molecule has 1 aliphatic rings. The van der Waals surface area contributed by atoms with Crippen LogP contribution in [0.25, 0.3) is 11.0 Å². The van der Waals surface area contributed by atoms with Gasteiger partial charge in [-0.25, -0.2) is 15.4 Å². The fourth-order valence-electron chi connectivity index (χ4n) is 3.67. The zero-order valence-electron chi connectivity index (χ0n) is 16.1. The average molecular weight is 455 g/mol. The maximum absolute atomic E-state index is 10.7. The molecular weight excluding hydrogens is 435 g/mol. The molecule has 0 aliphatic carbocycles. The third kappa shape index (κ3) is 3.63. The summed E-state index contributed by atoms with van der Waals surface area (Å²) < 4.78 is 13.3. The molecule has 9 nitrogen and oxygen atoms in total. The van der Waals surface area contributed by atoms with Crippen LogP contribution in [0.4, 0.5) is 5.82 Å². The minimum atomic E-state index is -1.22. The largest absolute Gasteiger partial charge is 0.387 e.